The maximum absolute atomic E-state index is 14.6. The van der Waals surface area contributed by atoms with E-state index in [1.54, 1.807) is 49.4 Å². The van der Waals surface area contributed by atoms with Gasteiger partial charge in [0.1, 0.15) is 12.6 Å². The summed E-state index contributed by atoms with van der Waals surface area (Å²) in [7, 11) is -4.27. The molecule has 0 aromatic heterocycles. The van der Waals surface area contributed by atoms with Crippen LogP contribution >= 0.6 is 34.8 Å². The van der Waals surface area contributed by atoms with Crippen LogP contribution in [-0.4, -0.2) is 43.8 Å². The molecule has 4 aromatic rings. The Morgan fingerprint density at radius 3 is 2.06 bits per heavy atom. The number of rotatable bonds is 13. The minimum Gasteiger partial charge on any atom is -0.352 e. The molecule has 1 N–H and O–H groups in total. The van der Waals surface area contributed by atoms with Gasteiger partial charge in [-0.3, -0.25) is 13.9 Å². The van der Waals surface area contributed by atoms with Crippen molar-refractivity contribution in [3.05, 3.63) is 128 Å². The van der Waals surface area contributed by atoms with Gasteiger partial charge in [0.25, 0.3) is 10.0 Å². The summed E-state index contributed by atoms with van der Waals surface area (Å²) < 4.78 is 29.5. The van der Waals surface area contributed by atoms with Gasteiger partial charge in [-0.15, -0.1) is 0 Å². The van der Waals surface area contributed by atoms with Gasteiger partial charge >= 0.3 is 0 Å². The average Bonchev–Trinajstić information content (AvgIpc) is 3.04. The lowest BCUT2D eigenvalue weighted by atomic mass is 10.0. The summed E-state index contributed by atoms with van der Waals surface area (Å²) in [6.07, 6.45) is 0.836. The van der Waals surface area contributed by atoms with Crippen molar-refractivity contribution in [3.63, 3.8) is 0 Å². The van der Waals surface area contributed by atoms with Gasteiger partial charge in [0.05, 0.1) is 10.6 Å². The number of hydrogen-bond donors (Lipinski definition) is 1. The molecule has 2 atom stereocenters. The third kappa shape index (κ3) is 9.08. The topological polar surface area (TPSA) is 86.8 Å². The molecule has 2 amide bonds. The first-order valence-electron chi connectivity index (χ1n) is 15.2. The van der Waals surface area contributed by atoms with E-state index in [1.807, 2.05) is 51.1 Å². The highest BCUT2D eigenvalue weighted by atomic mass is 35.5. The van der Waals surface area contributed by atoms with Gasteiger partial charge in [-0.05, 0) is 74.7 Å². The zero-order valence-corrected chi connectivity index (χ0v) is 29.8. The molecule has 0 aliphatic heterocycles. The zero-order valence-electron chi connectivity index (χ0n) is 26.7. The van der Waals surface area contributed by atoms with Crippen LogP contribution in [0.4, 0.5) is 5.69 Å². The number of halogens is 3. The number of carbonyl (C=O) groups excluding carboxylic acids is 2. The Morgan fingerprint density at radius 2 is 1.47 bits per heavy atom. The van der Waals surface area contributed by atoms with Gasteiger partial charge in [0, 0.05) is 39.6 Å². The van der Waals surface area contributed by atoms with Gasteiger partial charge in [0.15, 0.2) is 0 Å². The number of nitrogens with one attached hydrogen (secondary N) is 1. The predicted octanol–water partition coefficient (Wildman–Crippen LogP) is 8.01. The molecule has 4 aromatic carbocycles. The molecule has 4 rings (SSSR count). The molecular formula is C36H38Cl3N3O4S. The Balaban J connectivity index is 1.86. The lowest BCUT2D eigenvalue weighted by molar-refractivity contribution is -0.140. The molecule has 0 saturated heterocycles. The van der Waals surface area contributed by atoms with E-state index in [9.17, 15) is 18.0 Å². The van der Waals surface area contributed by atoms with Gasteiger partial charge < -0.3 is 10.2 Å². The zero-order chi connectivity index (χ0) is 34.3. The van der Waals surface area contributed by atoms with Gasteiger partial charge in [0.2, 0.25) is 11.8 Å². The SMILES string of the molecule is CC[C@@H](C)NC(=O)[C@H](Cc1ccccc1)N(Cc1c(Cl)cccc1Cl)C(=O)CN(c1ccc(C)c(Cl)c1)S(=O)(=O)c1ccc(C)cc1. The summed E-state index contributed by atoms with van der Waals surface area (Å²) in [6.45, 7) is 6.72. The lowest BCUT2D eigenvalue weighted by Crippen LogP contribution is -2.54. The first-order chi connectivity index (χ1) is 22.3. The average molecular weight is 715 g/mol. The minimum absolute atomic E-state index is 0.00337. The Hall–Kier alpha value is -3.56. The molecule has 47 heavy (non-hydrogen) atoms. The quantitative estimate of drug-likeness (QED) is 0.152. The predicted molar refractivity (Wildman–Crippen MR) is 191 cm³/mol. The molecule has 0 radical (unpaired) electrons. The number of aryl methyl sites for hydroxylation is 2. The number of anilines is 1. The summed E-state index contributed by atoms with van der Waals surface area (Å²) in [5.74, 6) is -1.01. The molecule has 0 aliphatic rings. The van der Waals surface area contributed by atoms with Crippen molar-refractivity contribution in [2.75, 3.05) is 10.8 Å². The fourth-order valence-electron chi connectivity index (χ4n) is 4.95. The van der Waals surface area contributed by atoms with Crippen LogP contribution in [-0.2, 0) is 32.6 Å². The third-order valence-corrected chi connectivity index (χ3v) is 10.9. The molecule has 0 aliphatic carbocycles. The van der Waals surface area contributed by atoms with Crippen molar-refractivity contribution >= 4 is 62.3 Å². The van der Waals surface area contributed by atoms with E-state index in [4.69, 9.17) is 34.8 Å². The van der Waals surface area contributed by atoms with E-state index in [0.29, 0.717) is 27.1 Å². The van der Waals surface area contributed by atoms with E-state index in [1.165, 1.54) is 23.1 Å². The normalized spacial score (nSPS) is 12.7. The van der Waals surface area contributed by atoms with Crippen molar-refractivity contribution in [1.82, 2.24) is 10.2 Å². The minimum atomic E-state index is -4.27. The molecule has 0 spiro atoms. The number of carbonyl (C=O) groups is 2. The van der Waals surface area contributed by atoms with Crippen molar-refractivity contribution in [2.45, 2.75) is 64.1 Å². The van der Waals surface area contributed by atoms with Gasteiger partial charge in [-0.25, -0.2) is 8.42 Å². The molecule has 0 fully saturated rings. The largest absolute Gasteiger partial charge is 0.352 e. The van der Waals surface area contributed by atoms with Crippen LogP contribution < -0.4 is 9.62 Å². The number of sulfonamides is 1. The smallest absolute Gasteiger partial charge is 0.264 e. The number of benzene rings is 4. The van der Waals surface area contributed by atoms with Crippen LogP contribution in [0.25, 0.3) is 0 Å². The van der Waals surface area contributed by atoms with Crippen molar-refractivity contribution in [2.24, 2.45) is 0 Å². The summed E-state index contributed by atoms with van der Waals surface area (Å²) in [6, 6.07) is 24.3. The van der Waals surface area contributed by atoms with Crippen molar-refractivity contribution in [1.29, 1.82) is 0 Å². The lowest BCUT2D eigenvalue weighted by Gasteiger charge is -2.34. The van der Waals surface area contributed by atoms with Crippen LogP contribution in [0.2, 0.25) is 15.1 Å². The van der Waals surface area contributed by atoms with Crippen LogP contribution in [0.15, 0.2) is 95.9 Å². The standard InChI is InChI=1S/C36H38Cl3N3O4S/c1-5-26(4)40-36(44)34(20-27-10-7-6-8-11-27)41(22-30-31(37)12-9-13-32(30)38)35(43)23-42(28-17-16-25(3)33(39)21-28)47(45,46)29-18-14-24(2)15-19-29/h6-19,21,26,34H,5,20,22-23H2,1-4H3,(H,40,44)/t26-,34+/m1/s1. The highest BCUT2D eigenvalue weighted by molar-refractivity contribution is 7.92. The Labute approximate surface area is 292 Å². The van der Waals surface area contributed by atoms with Gasteiger partial charge in [-0.1, -0.05) is 102 Å². The Kier molecular flexibility index (Phi) is 12.4. The van der Waals surface area contributed by atoms with Gasteiger partial charge in [-0.2, -0.15) is 0 Å². The fraction of sp³-hybridized carbons (Fsp3) is 0.278. The second-order valence-electron chi connectivity index (χ2n) is 11.5. The fourth-order valence-corrected chi connectivity index (χ4v) is 7.05. The number of amides is 2. The molecule has 0 saturated carbocycles. The van der Waals surface area contributed by atoms with E-state index >= 15 is 0 Å². The maximum Gasteiger partial charge on any atom is 0.264 e. The summed E-state index contributed by atoms with van der Waals surface area (Å²) >= 11 is 19.6. The summed E-state index contributed by atoms with van der Waals surface area (Å²) in [4.78, 5) is 30.0. The molecular weight excluding hydrogens is 677 g/mol. The van der Waals surface area contributed by atoms with Crippen LogP contribution in [0.1, 0.15) is 42.5 Å². The summed E-state index contributed by atoms with van der Waals surface area (Å²) in [5.41, 5.74) is 3.08. The molecule has 0 bridgehead atoms. The van der Waals surface area contributed by atoms with E-state index < -0.39 is 28.5 Å². The summed E-state index contributed by atoms with van der Waals surface area (Å²) in [5, 5.41) is 3.97. The monoisotopic (exact) mass is 713 g/mol. The molecule has 248 valence electrons. The van der Waals surface area contributed by atoms with Crippen molar-refractivity contribution < 1.29 is 18.0 Å². The highest BCUT2D eigenvalue weighted by Gasteiger charge is 2.35. The van der Waals surface area contributed by atoms with Crippen LogP contribution in [0, 0.1) is 13.8 Å². The number of nitrogens with zero attached hydrogens (tertiary/aromatic N) is 2. The van der Waals surface area contributed by atoms with Crippen LogP contribution in [0.3, 0.4) is 0 Å². The molecule has 11 heteroatoms. The van der Waals surface area contributed by atoms with Crippen molar-refractivity contribution in [3.8, 4) is 0 Å². The second kappa shape index (κ2) is 16.0. The number of hydrogen-bond acceptors (Lipinski definition) is 4. The first kappa shape index (κ1) is 36.3. The van der Waals surface area contributed by atoms with E-state index in [-0.39, 0.29) is 35.5 Å². The Bertz CT molecular complexity index is 1800. The van der Waals surface area contributed by atoms with E-state index in [0.717, 1.165) is 21.0 Å². The highest BCUT2D eigenvalue weighted by Crippen LogP contribution is 2.31. The third-order valence-electron chi connectivity index (χ3n) is 7.99. The molecule has 0 unspecified atom stereocenters. The first-order valence-corrected chi connectivity index (χ1v) is 17.8. The van der Waals surface area contributed by atoms with Crippen LogP contribution in [0.5, 0.6) is 0 Å². The Morgan fingerprint density at radius 1 is 0.830 bits per heavy atom. The molecule has 7 nitrogen and oxygen atoms in total. The van der Waals surface area contributed by atoms with E-state index in [2.05, 4.69) is 5.32 Å². The maximum atomic E-state index is 14.6. The molecule has 0 heterocycles. The second-order valence-corrected chi connectivity index (χ2v) is 14.6.